The Hall–Kier alpha value is -1.63. The minimum absolute atomic E-state index is 0.0205. The van der Waals surface area contributed by atoms with Crippen LogP contribution in [0.2, 0.25) is 0 Å². The Labute approximate surface area is 153 Å². The van der Waals surface area contributed by atoms with Gasteiger partial charge in [0.05, 0.1) is 12.1 Å². The zero-order valence-corrected chi connectivity index (χ0v) is 17.2. The minimum Gasteiger partial charge on any atom is -0.483 e. The van der Waals surface area contributed by atoms with E-state index >= 15 is 0 Å². The summed E-state index contributed by atoms with van der Waals surface area (Å²) in [7, 11) is 1.71. The predicted molar refractivity (Wildman–Crippen MR) is 100 cm³/mol. The van der Waals surface area contributed by atoms with Gasteiger partial charge in [0, 0.05) is 19.7 Å². The number of nitrogens with one attached hydrogen (secondary N) is 1. The molecule has 0 saturated carbocycles. The summed E-state index contributed by atoms with van der Waals surface area (Å²) in [5.41, 5.74) is 0.0417. The summed E-state index contributed by atoms with van der Waals surface area (Å²) in [5.74, 6) is 0.854. The molecule has 7 heteroatoms. The van der Waals surface area contributed by atoms with Gasteiger partial charge in [-0.2, -0.15) is 0 Å². The molecule has 0 spiro atoms. The first-order valence-electron chi connectivity index (χ1n) is 8.56. The molecule has 1 aliphatic rings. The van der Waals surface area contributed by atoms with Gasteiger partial charge in [-0.25, -0.2) is 0 Å². The number of rotatable bonds is 3. The van der Waals surface area contributed by atoms with Crippen LogP contribution in [0, 0.1) is 5.92 Å². The van der Waals surface area contributed by atoms with Crippen molar-refractivity contribution in [3.63, 3.8) is 0 Å². The fourth-order valence-corrected chi connectivity index (χ4v) is 1.53. The number of likely N-dealkylation sites (tertiary alicyclic amines) is 1. The Bertz CT molecular complexity index is 338. The maximum absolute atomic E-state index is 11.3. The standard InChI is InChI=1S/C8H14N2O2.C5H12O.C4H10.CH2O2/c1-7-3-2-4-10(7)8(12)5-9-6-11;1-5(2,3)6-4;1-4(2)3;2-1-3/h6-7H,2-5H2,1H3,(H,9,11);1-4H3;4H,1-3H3;1H,(H,2,3). The van der Waals surface area contributed by atoms with Crippen molar-refractivity contribution in [3.8, 4) is 0 Å². The topological polar surface area (TPSA) is 95.9 Å². The van der Waals surface area contributed by atoms with Crippen LogP contribution in [0.15, 0.2) is 0 Å². The molecular weight excluding hydrogens is 324 g/mol. The van der Waals surface area contributed by atoms with Gasteiger partial charge in [0.2, 0.25) is 12.3 Å². The quantitative estimate of drug-likeness (QED) is 0.752. The Balaban J connectivity index is -0.000000312. The molecule has 7 nitrogen and oxygen atoms in total. The van der Waals surface area contributed by atoms with E-state index in [1.54, 1.807) is 7.11 Å². The van der Waals surface area contributed by atoms with Gasteiger partial charge in [-0.1, -0.05) is 20.8 Å². The van der Waals surface area contributed by atoms with E-state index in [-0.39, 0.29) is 24.5 Å². The average Bonchev–Trinajstić information content (AvgIpc) is 2.91. The molecule has 1 rings (SSSR count). The lowest BCUT2D eigenvalue weighted by atomic mass is 10.2. The van der Waals surface area contributed by atoms with Crippen molar-refractivity contribution in [1.29, 1.82) is 0 Å². The van der Waals surface area contributed by atoms with Gasteiger partial charge in [-0.05, 0) is 46.5 Å². The first-order chi connectivity index (χ1) is 11.5. The van der Waals surface area contributed by atoms with Crippen molar-refractivity contribution in [1.82, 2.24) is 10.2 Å². The average molecular weight is 363 g/mol. The highest BCUT2D eigenvalue weighted by Gasteiger charge is 2.24. The molecule has 2 N–H and O–H groups in total. The summed E-state index contributed by atoms with van der Waals surface area (Å²) in [6.07, 6.45) is 2.71. The molecule has 0 aromatic heterocycles. The Morgan fingerprint density at radius 3 is 1.96 bits per heavy atom. The van der Waals surface area contributed by atoms with Crippen LogP contribution >= 0.6 is 0 Å². The van der Waals surface area contributed by atoms with E-state index in [1.807, 2.05) is 32.6 Å². The predicted octanol–water partition coefficient (Wildman–Crippen LogP) is 2.54. The maximum Gasteiger partial charge on any atom is 0.290 e. The Morgan fingerprint density at radius 2 is 1.72 bits per heavy atom. The smallest absolute Gasteiger partial charge is 0.290 e. The molecule has 1 aliphatic heterocycles. The summed E-state index contributed by atoms with van der Waals surface area (Å²) in [4.78, 5) is 31.4. The fraction of sp³-hybridized carbons (Fsp3) is 0.833. The second-order valence-electron chi connectivity index (χ2n) is 7.23. The molecular formula is C18H38N2O5. The summed E-state index contributed by atoms with van der Waals surface area (Å²) in [6.45, 7) is 15.3. The first-order valence-corrected chi connectivity index (χ1v) is 8.56. The maximum atomic E-state index is 11.3. The van der Waals surface area contributed by atoms with E-state index in [0.717, 1.165) is 25.3 Å². The van der Waals surface area contributed by atoms with Crippen LogP contribution < -0.4 is 5.32 Å². The normalized spacial score (nSPS) is 15.6. The largest absolute Gasteiger partial charge is 0.483 e. The van der Waals surface area contributed by atoms with Gasteiger partial charge in [0.25, 0.3) is 6.47 Å². The lowest BCUT2D eigenvalue weighted by Crippen LogP contribution is -2.39. The van der Waals surface area contributed by atoms with Crippen LogP contribution in [0.4, 0.5) is 0 Å². The lowest BCUT2D eigenvalue weighted by Gasteiger charge is -2.20. The summed E-state index contributed by atoms with van der Waals surface area (Å²) in [5, 5.41) is 9.26. The van der Waals surface area contributed by atoms with Gasteiger partial charge in [-0.3, -0.25) is 14.4 Å². The summed E-state index contributed by atoms with van der Waals surface area (Å²) >= 11 is 0. The summed E-state index contributed by atoms with van der Waals surface area (Å²) < 4.78 is 4.94. The Morgan fingerprint density at radius 1 is 1.32 bits per heavy atom. The van der Waals surface area contributed by atoms with Gasteiger partial charge in [-0.15, -0.1) is 0 Å². The number of methoxy groups -OCH3 is 1. The van der Waals surface area contributed by atoms with Crippen LogP contribution in [0.25, 0.3) is 0 Å². The summed E-state index contributed by atoms with van der Waals surface area (Å²) in [6, 6.07) is 0.339. The van der Waals surface area contributed by atoms with Crippen LogP contribution in [-0.2, 0) is 19.1 Å². The first kappa shape index (κ1) is 28.2. The van der Waals surface area contributed by atoms with Crippen molar-refractivity contribution in [2.75, 3.05) is 20.2 Å². The zero-order valence-electron chi connectivity index (χ0n) is 17.2. The third-order valence-electron chi connectivity index (χ3n) is 2.82. The molecule has 0 aromatic rings. The molecule has 1 heterocycles. The van der Waals surface area contributed by atoms with Crippen LogP contribution in [-0.4, -0.2) is 60.6 Å². The molecule has 0 aliphatic carbocycles. The van der Waals surface area contributed by atoms with Crippen molar-refractivity contribution >= 4 is 18.8 Å². The van der Waals surface area contributed by atoms with Gasteiger partial charge < -0.3 is 20.1 Å². The zero-order chi connectivity index (χ0) is 20.5. The van der Waals surface area contributed by atoms with E-state index in [2.05, 4.69) is 26.1 Å². The monoisotopic (exact) mass is 362 g/mol. The highest BCUT2D eigenvalue weighted by atomic mass is 16.5. The van der Waals surface area contributed by atoms with E-state index in [1.165, 1.54) is 0 Å². The van der Waals surface area contributed by atoms with Crippen molar-refractivity contribution in [3.05, 3.63) is 0 Å². The molecule has 1 unspecified atom stereocenters. The molecule has 1 fully saturated rings. The number of nitrogens with zero attached hydrogens (tertiary/aromatic N) is 1. The van der Waals surface area contributed by atoms with E-state index in [0.29, 0.717) is 12.5 Å². The van der Waals surface area contributed by atoms with Gasteiger partial charge >= 0.3 is 0 Å². The minimum atomic E-state index is -0.250. The SMILES string of the molecule is CC(C)C.CC1CCCN1C(=O)CNC=O.COC(C)(C)C.O=CO. The number of carbonyl (C=O) groups excluding carboxylic acids is 2. The van der Waals surface area contributed by atoms with Crippen LogP contribution in [0.3, 0.4) is 0 Å². The number of carboxylic acid groups (broad SMARTS) is 1. The van der Waals surface area contributed by atoms with Crippen LogP contribution in [0.1, 0.15) is 61.3 Å². The molecule has 0 aromatic carbocycles. The number of carbonyl (C=O) groups is 3. The second-order valence-corrected chi connectivity index (χ2v) is 7.23. The van der Waals surface area contributed by atoms with Gasteiger partial charge in [0.15, 0.2) is 0 Å². The number of amides is 2. The molecule has 0 radical (unpaired) electrons. The van der Waals surface area contributed by atoms with Crippen molar-refractivity contribution in [2.24, 2.45) is 5.92 Å². The molecule has 1 atom stereocenters. The fourth-order valence-electron chi connectivity index (χ4n) is 1.53. The molecule has 0 bridgehead atoms. The molecule has 2 amide bonds. The highest BCUT2D eigenvalue weighted by Crippen LogP contribution is 2.15. The molecule has 150 valence electrons. The number of ether oxygens (including phenoxy) is 1. The van der Waals surface area contributed by atoms with E-state index < -0.39 is 0 Å². The van der Waals surface area contributed by atoms with E-state index in [4.69, 9.17) is 14.6 Å². The van der Waals surface area contributed by atoms with Crippen LogP contribution in [0.5, 0.6) is 0 Å². The second kappa shape index (κ2) is 17.2. The lowest BCUT2D eigenvalue weighted by molar-refractivity contribution is -0.131. The third-order valence-corrected chi connectivity index (χ3v) is 2.82. The van der Waals surface area contributed by atoms with Crippen molar-refractivity contribution in [2.45, 2.75) is 73.0 Å². The van der Waals surface area contributed by atoms with Gasteiger partial charge in [0.1, 0.15) is 0 Å². The van der Waals surface area contributed by atoms with Crippen molar-refractivity contribution < 1.29 is 24.2 Å². The number of hydrogen-bond donors (Lipinski definition) is 2. The number of hydrogen-bond acceptors (Lipinski definition) is 4. The molecule has 1 saturated heterocycles. The third kappa shape index (κ3) is 24.7. The molecule has 25 heavy (non-hydrogen) atoms. The highest BCUT2D eigenvalue weighted by molar-refractivity contribution is 5.80. The van der Waals surface area contributed by atoms with E-state index in [9.17, 15) is 9.59 Å². The Kier molecular flexibility index (Phi) is 19.4.